The Morgan fingerprint density at radius 3 is 2.50 bits per heavy atom. The number of nitrogens with zero attached hydrogens (tertiary/aromatic N) is 2. The number of nitrogen functional groups attached to an aromatic ring is 1. The van der Waals surface area contributed by atoms with Crippen molar-refractivity contribution in [3.05, 3.63) is 18.2 Å². The average Bonchev–Trinajstić information content (AvgIpc) is 2.20. The molecule has 14 heavy (non-hydrogen) atoms. The van der Waals surface area contributed by atoms with E-state index in [-0.39, 0.29) is 0 Å². The van der Waals surface area contributed by atoms with Crippen LogP contribution in [-0.4, -0.2) is 9.97 Å². The van der Waals surface area contributed by atoms with E-state index in [1.54, 1.807) is 12.4 Å². The van der Waals surface area contributed by atoms with Crippen LogP contribution in [0.4, 0.5) is 5.69 Å². The number of hydrogen-bond donors (Lipinski definition) is 1. The van der Waals surface area contributed by atoms with Crippen molar-refractivity contribution in [1.29, 1.82) is 0 Å². The minimum absolute atomic E-state index is 0.546. The molecule has 0 amide bonds. The van der Waals surface area contributed by atoms with Crippen molar-refractivity contribution in [3.63, 3.8) is 0 Å². The van der Waals surface area contributed by atoms with Crippen LogP contribution in [0.15, 0.2) is 12.4 Å². The van der Waals surface area contributed by atoms with Crippen LogP contribution in [0.5, 0.6) is 0 Å². The quantitative estimate of drug-likeness (QED) is 0.741. The largest absolute Gasteiger partial charge is 0.396 e. The van der Waals surface area contributed by atoms with Gasteiger partial charge in [0.15, 0.2) is 0 Å². The van der Waals surface area contributed by atoms with E-state index >= 15 is 0 Å². The molecule has 1 heterocycles. The molecule has 1 aromatic rings. The van der Waals surface area contributed by atoms with Crippen molar-refractivity contribution >= 4 is 5.69 Å². The Morgan fingerprint density at radius 2 is 1.86 bits per heavy atom. The molecule has 0 spiro atoms. The van der Waals surface area contributed by atoms with Gasteiger partial charge in [0.2, 0.25) is 0 Å². The predicted octanol–water partition coefficient (Wildman–Crippen LogP) is 2.35. The van der Waals surface area contributed by atoms with Crippen molar-refractivity contribution in [2.45, 2.75) is 38.5 Å². The first kappa shape index (κ1) is 9.44. The minimum Gasteiger partial charge on any atom is -0.396 e. The van der Waals surface area contributed by atoms with Crippen molar-refractivity contribution < 1.29 is 0 Å². The highest BCUT2D eigenvalue weighted by atomic mass is 14.9. The molecule has 1 aliphatic carbocycles. The monoisotopic (exact) mass is 191 g/mol. The van der Waals surface area contributed by atoms with Crippen molar-refractivity contribution in [3.8, 4) is 0 Å². The lowest BCUT2D eigenvalue weighted by Gasteiger charge is -2.27. The summed E-state index contributed by atoms with van der Waals surface area (Å²) < 4.78 is 0. The van der Waals surface area contributed by atoms with Gasteiger partial charge in [0.05, 0.1) is 18.1 Å². The predicted molar refractivity (Wildman–Crippen MR) is 56.8 cm³/mol. The van der Waals surface area contributed by atoms with Gasteiger partial charge in [-0.2, -0.15) is 0 Å². The topological polar surface area (TPSA) is 51.8 Å². The third-order valence-corrected chi connectivity index (χ3v) is 3.13. The smallest absolute Gasteiger partial charge is 0.131 e. The van der Waals surface area contributed by atoms with Crippen LogP contribution in [0, 0.1) is 5.92 Å². The first-order valence-corrected chi connectivity index (χ1v) is 5.35. The molecule has 76 valence electrons. The second-order valence-corrected chi connectivity index (χ2v) is 4.24. The normalized spacial score (nSPS) is 27.5. The van der Waals surface area contributed by atoms with Crippen LogP contribution in [0.3, 0.4) is 0 Å². The molecule has 0 aliphatic heterocycles. The van der Waals surface area contributed by atoms with E-state index < -0.39 is 0 Å². The first-order chi connectivity index (χ1) is 6.77. The molecular weight excluding hydrogens is 174 g/mol. The second-order valence-electron chi connectivity index (χ2n) is 4.24. The molecule has 1 aliphatic rings. The maximum Gasteiger partial charge on any atom is 0.131 e. The van der Waals surface area contributed by atoms with Gasteiger partial charge in [-0.15, -0.1) is 0 Å². The molecule has 1 saturated carbocycles. The van der Waals surface area contributed by atoms with Gasteiger partial charge in [-0.05, 0) is 12.3 Å². The summed E-state index contributed by atoms with van der Waals surface area (Å²) in [5.74, 6) is 2.24. The molecule has 0 bridgehead atoms. The van der Waals surface area contributed by atoms with Gasteiger partial charge < -0.3 is 5.73 Å². The van der Waals surface area contributed by atoms with E-state index in [0.29, 0.717) is 17.5 Å². The molecule has 2 rings (SSSR count). The van der Waals surface area contributed by atoms with E-state index in [1.807, 2.05) is 0 Å². The second kappa shape index (κ2) is 3.95. The molecule has 0 aromatic carbocycles. The number of nitrogens with two attached hydrogens (primary N) is 1. The Balaban J connectivity index is 2.16. The molecular formula is C11H17N3. The Kier molecular flexibility index (Phi) is 2.66. The van der Waals surface area contributed by atoms with E-state index in [9.17, 15) is 0 Å². The fraction of sp³-hybridized carbons (Fsp3) is 0.636. The van der Waals surface area contributed by atoms with Crippen LogP contribution in [0.2, 0.25) is 0 Å². The summed E-state index contributed by atoms with van der Waals surface area (Å²) in [5.41, 5.74) is 6.22. The number of anilines is 1. The fourth-order valence-corrected chi connectivity index (χ4v) is 2.24. The summed E-state index contributed by atoms with van der Waals surface area (Å²) in [7, 11) is 0. The Hall–Kier alpha value is -1.12. The summed E-state index contributed by atoms with van der Waals surface area (Å²) in [6, 6.07) is 0. The zero-order chi connectivity index (χ0) is 9.97. The van der Waals surface area contributed by atoms with E-state index in [4.69, 9.17) is 5.73 Å². The van der Waals surface area contributed by atoms with Crippen molar-refractivity contribution in [1.82, 2.24) is 9.97 Å². The van der Waals surface area contributed by atoms with E-state index in [2.05, 4.69) is 16.9 Å². The fourth-order valence-electron chi connectivity index (χ4n) is 2.24. The molecule has 3 nitrogen and oxygen atoms in total. The number of rotatable bonds is 1. The standard InChI is InChI=1S/C11H17N3/c1-8-4-2-3-5-10(8)11-13-6-9(12)7-14-11/h6-8,10H,2-5,12H2,1H3. The average molecular weight is 191 g/mol. The SMILES string of the molecule is CC1CCCCC1c1ncc(N)cn1. The molecule has 0 radical (unpaired) electrons. The summed E-state index contributed by atoms with van der Waals surface area (Å²) in [6.45, 7) is 2.30. The van der Waals surface area contributed by atoms with Gasteiger partial charge >= 0.3 is 0 Å². The number of aromatic nitrogens is 2. The Bertz CT molecular complexity index is 294. The minimum atomic E-state index is 0.546. The van der Waals surface area contributed by atoms with E-state index in [1.165, 1.54) is 25.7 Å². The third kappa shape index (κ3) is 1.86. The maximum absolute atomic E-state index is 5.57. The first-order valence-electron chi connectivity index (χ1n) is 5.35. The van der Waals surface area contributed by atoms with Crippen LogP contribution in [-0.2, 0) is 0 Å². The summed E-state index contributed by atoms with van der Waals surface area (Å²) in [4.78, 5) is 8.63. The Morgan fingerprint density at radius 1 is 1.21 bits per heavy atom. The molecule has 3 heteroatoms. The van der Waals surface area contributed by atoms with Crippen LogP contribution < -0.4 is 5.73 Å². The molecule has 1 fully saturated rings. The lowest BCUT2D eigenvalue weighted by molar-refractivity contribution is 0.319. The highest BCUT2D eigenvalue weighted by Crippen LogP contribution is 2.35. The van der Waals surface area contributed by atoms with Crippen LogP contribution >= 0.6 is 0 Å². The highest BCUT2D eigenvalue weighted by Gasteiger charge is 2.24. The van der Waals surface area contributed by atoms with Gasteiger partial charge in [0.25, 0.3) is 0 Å². The summed E-state index contributed by atoms with van der Waals surface area (Å²) in [5, 5.41) is 0. The molecule has 2 atom stereocenters. The van der Waals surface area contributed by atoms with Gasteiger partial charge in [-0.3, -0.25) is 0 Å². The van der Waals surface area contributed by atoms with Gasteiger partial charge in [0, 0.05) is 5.92 Å². The van der Waals surface area contributed by atoms with Gasteiger partial charge in [-0.25, -0.2) is 9.97 Å². The van der Waals surface area contributed by atoms with Crippen molar-refractivity contribution in [2.24, 2.45) is 5.92 Å². The van der Waals surface area contributed by atoms with E-state index in [0.717, 1.165) is 5.82 Å². The molecule has 1 aromatic heterocycles. The third-order valence-electron chi connectivity index (χ3n) is 3.13. The van der Waals surface area contributed by atoms with Crippen LogP contribution in [0.25, 0.3) is 0 Å². The Labute approximate surface area is 84.8 Å². The van der Waals surface area contributed by atoms with Crippen molar-refractivity contribution in [2.75, 3.05) is 5.73 Å². The lowest BCUT2D eigenvalue weighted by atomic mass is 9.80. The zero-order valence-corrected chi connectivity index (χ0v) is 8.61. The maximum atomic E-state index is 5.57. The molecule has 2 N–H and O–H groups in total. The number of hydrogen-bond acceptors (Lipinski definition) is 3. The lowest BCUT2D eigenvalue weighted by Crippen LogP contribution is -2.17. The van der Waals surface area contributed by atoms with Gasteiger partial charge in [-0.1, -0.05) is 26.2 Å². The highest BCUT2D eigenvalue weighted by molar-refractivity contribution is 5.30. The molecule has 0 saturated heterocycles. The summed E-state index contributed by atoms with van der Waals surface area (Å²) in [6.07, 6.45) is 8.62. The zero-order valence-electron chi connectivity index (χ0n) is 8.61. The molecule has 2 unspecified atom stereocenters. The van der Waals surface area contributed by atoms with Crippen LogP contribution in [0.1, 0.15) is 44.3 Å². The summed E-state index contributed by atoms with van der Waals surface area (Å²) >= 11 is 0. The van der Waals surface area contributed by atoms with Gasteiger partial charge in [0.1, 0.15) is 5.82 Å².